The fraction of sp³-hybridized carbons (Fsp3) is 0.368. The molecule has 0 radical (unpaired) electrons. The molecule has 1 saturated carbocycles. The molecule has 0 saturated heterocycles. The Labute approximate surface area is 156 Å². The lowest BCUT2D eigenvalue weighted by Crippen LogP contribution is -2.26. The standard InChI is InChI=1S/C19H22N2O6/c1-24-15-7-11(8-16(25-2)17(15)26-3)21-19(23)14-9-13(14)18(22)20-10-12-5-4-6-27-12/h4-8,13-14H,9-10H2,1-3H3,(H,20,22)(H,21,23). The van der Waals surface area contributed by atoms with Crippen LogP contribution in [0.2, 0.25) is 0 Å². The van der Waals surface area contributed by atoms with Gasteiger partial charge in [-0.25, -0.2) is 0 Å². The Morgan fingerprint density at radius 2 is 1.74 bits per heavy atom. The summed E-state index contributed by atoms with van der Waals surface area (Å²) in [6.45, 7) is 0.309. The molecule has 2 N–H and O–H groups in total. The minimum atomic E-state index is -0.360. The minimum Gasteiger partial charge on any atom is -0.493 e. The SMILES string of the molecule is COc1cc(NC(=O)C2CC2C(=O)NCc2ccco2)cc(OC)c1OC. The van der Waals surface area contributed by atoms with Crippen molar-refractivity contribution in [3.8, 4) is 17.2 Å². The highest BCUT2D eigenvalue weighted by molar-refractivity contribution is 5.99. The number of ether oxygens (including phenoxy) is 3. The van der Waals surface area contributed by atoms with Gasteiger partial charge in [-0.1, -0.05) is 0 Å². The van der Waals surface area contributed by atoms with Crippen LogP contribution in [0.1, 0.15) is 12.2 Å². The van der Waals surface area contributed by atoms with Crippen molar-refractivity contribution in [2.45, 2.75) is 13.0 Å². The summed E-state index contributed by atoms with van der Waals surface area (Å²) < 4.78 is 21.0. The van der Waals surface area contributed by atoms with Crippen molar-refractivity contribution in [3.05, 3.63) is 36.3 Å². The molecule has 8 nitrogen and oxygen atoms in total. The maximum absolute atomic E-state index is 12.5. The molecule has 2 aromatic rings. The highest BCUT2D eigenvalue weighted by atomic mass is 16.5. The van der Waals surface area contributed by atoms with Crippen LogP contribution in [0.3, 0.4) is 0 Å². The van der Waals surface area contributed by atoms with Gasteiger partial charge in [0.25, 0.3) is 0 Å². The molecule has 1 aliphatic rings. The van der Waals surface area contributed by atoms with Gasteiger partial charge in [-0.05, 0) is 18.6 Å². The number of carbonyl (C=O) groups is 2. The van der Waals surface area contributed by atoms with Gasteiger partial charge in [-0.3, -0.25) is 9.59 Å². The van der Waals surface area contributed by atoms with Gasteiger partial charge < -0.3 is 29.3 Å². The molecule has 1 aliphatic carbocycles. The van der Waals surface area contributed by atoms with E-state index in [2.05, 4.69) is 10.6 Å². The van der Waals surface area contributed by atoms with Crippen molar-refractivity contribution in [1.82, 2.24) is 5.32 Å². The second-order valence-electron chi connectivity index (χ2n) is 6.15. The van der Waals surface area contributed by atoms with Crippen molar-refractivity contribution in [2.24, 2.45) is 11.8 Å². The molecule has 2 amide bonds. The Morgan fingerprint density at radius 1 is 1.07 bits per heavy atom. The van der Waals surface area contributed by atoms with Gasteiger partial charge in [0.2, 0.25) is 17.6 Å². The summed E-state index contributed by atoms with van der Waals surface area (Å²) >= 11 is 0. The van der Waals surface area contributed by atoms with Gasteiger partial charge in [0, 0.05) is 17.8 Å². The van der Waals surface area contributed by atoms with Gasteiger partial charge in [0.15, 0.2) is 11.5 Å². The minimum absolute atomic E-state index is 0.156. The van der Waals surface area contributed by atoms with E-state index in [0.29, 0.717) is 41.7 Å². The Morgan fingerprint density at radius 3 is 2.30 bits per heavy atom. The molecule has 144 valence electrons. The van der Waals surface area contributed by atoms with Crippen molar-refractivity contribution in [3.63, 3.8) is 0 Å². The number of carbonyl (C=O) groups excluding carboxylic acids is 2. The number of methoxy groups -OCH3 is 3. The zero-order valence-electron chi connectivity index (χ0n) is 15.4. The largest absolute Gasteiger partial charge is 0.493 e. The summed E-state index contributed by atoms with van der Waals surface area (Å²) in [7, 11) is 4.51. The number of rotatable bonds is 8. The van der Waals surface area contributed by atoms with Crippen LogP contribution in [0.15, 0.2) is 34.9 Å². The Balaban J connectivity index is 1.59. The van der Waals surface area contributed by atoms with Crippen LogP contribution in [0.4, 0.5) is 5.69 Å². The maximum Gasteiger partial charge on any atom is 0.228 e. The van der Waals surface area contributed by atoms with Gasteiger partial charge in [0.05, 0.1) is 46.0 Å². The molecular weight excluding hydrogens is 352 g/mol. The lowest BCUT2D eigenvalue weighted by molar-refractivity contribution is -0.125. The lowest BCUT2D eigenvalue weighted by Gasteiger charge is -2.14. The first-order chi connectivity index (χ1) is 13.1. The number of nitrogens with one attached hydrogen (secondary N) is 2. The molecule has 0 bridgehead atoms. The predicted molar refractivity (Wildman–Crippen MR) is 96.9 cm³/mol. The normalized spacial score (nSPS) is 17.7. The molecule has 1 heterocycles. The Hall–Kier alpha value is -3.16. The van der Waals surface area contributed by atoms with Gasteiger partial charge >= 0.3 is 0 Å². The number of anilines is 1. The smallest absolute Gasteiger partial charge is 0.228 e. The summed E-state index contributed by atoms with van der Waals surface area (Å²) in [6.07, 6.45) is 2.06. The topological polar surface area (TPSA) is 99.0 Å². The van der Waals surface area contributed by atoms with E-state index < -0.39 is 0 Å². The average molecular weight is 374 g/mol. The zero-order chi connectivity index (χ0) is 19.4. The van der Waals surface area contributed by atoms with Crippen LogP contribution in [-0.4, -0.2) is 33.1 Å². The van der Waals surface area contributed by atoms with Crippen molar-refractivity contribution >= 4 is 17.5 Å². The second-order valence-corrected chi connectivity index (χ2v) is 6.15. The van der Waals surface area contributed by atoms with Crippen LogP contribution >= 0.6 is 0 Å². The zero-order valence-corrected chi connectivity index (χ0v) is 15.4. The molecule has 2 atom stereocenters. The summed E-state index contributed by atoms with van der Waals surface area (Å²) in [5.74, 6) is 0.926. The van der Waals surface area contributed by atoms with E-state index in [9.17, 15) is 9.59 Å². The summed E-state index contributed by atoms with van der Waals surface area (Å²) in [5, 5.41) is 5.58. The van der Waals surface area contributed by atoms with Crippen LogP contribution in [-0.2, 0) is 16.1 Å². The third-order valence-corrected chi connectivity index (χ3v) is 4.41. The van der Waals surface area contributed by atoms with Crippen LogP contribution < -0.4 is 24.8 Å². The van der Waals surface area contributed by atoms with Crippen LogP contribution in [0, 0.1) is 11.8 Å². The molecule has 2 unspecified atom stereocenters. The summed E-state index contributed by atoms with van der Waals surface area (Å²) in [6, 6.07) is 6.83. The maximum atomic E-state index is 12.5. The van der Waals surface area contributed by atoms with Crippen LogP contribution in [0.25, 0.3) is 0 Å². The molecule has 3 rings (SSSR count). The van der Waals surface area contributed by atoms with Gasteiger partial charge in [-0.15, -0.1) is 0 Å². The molecule has 0 spiro atoms. The number of amides is 2. The van der Waals surface area contributed by atoms with Crippen molar-refractivity contribution in [1.29, 1.82) is 0 Å². The predicted octanol–water partition coefficient (Wildman–Crippen LogP) is 2.20. The first kappa shape index (κ1) is 18.6. The summed E-state index contributed by atoms with van der Waals surface area (Å²) in [4.78, 5) is 24.6. The first-order valence-corrected chi connectivity index (χ1v) is 8.48. The van der Waals surface area contributed by atoms with Gasteiger partial charge in [-0.2, -0.15) is 0 Å². The highest BCUT2D eigenvalue weighted by Gasteiger charge is 2.48. The second kappa shape index (κ2) is 8.03. The fourth-order valence-corrected chi connectivity index (χ4v) is 2.88. The molecule has 8 heteroatoms. The molecule has 1 aromatic heterocycles. The van der Waals surface area contributed by atoms with E-state index in [1.165, 1.54) is 21.3 Å². The Bertz CT molecular complexity index is 793. The van der Waals surface area contributed by atoms with Crippen molar-refractivity contribution in [2.75, 3.05) is 26.6 Å². The summed E-state index contributed by atoms with van der Waals surface area (Å²) in [5.41, 5.74) is 0.510. The molecule has 1 fully saturated rings. The van der Waals surface area contributed by atoms with E-state index >= 15 is 0 Å². The highest BCUT2D eigenvalue weighted by Crippen LogP contribution is 2.42. The number of benzene rings is 1. The van der Waals surface area contributed by atoms with E-state index in [1.54, 1.807) is 30.5 Å². The van der Waals surface area contributed by atoms with E-state index in [1.807, 2.05) is 0 Å². The average Bonchev–Trinajstić information content (AvgIpc) is 3.32. The molecular formula is C19H22N2O6. The first-order valence-electron chi connectivity index (χ1n) is 8.48. The van der Waals surface area contributed by atoms with E-state index in [4.69, 9.17) is 18.6 Å². The monoisotopic (exact) mass is 374 g/mol. The third kappa shape index (κ3) is 4.16. The lowest BCUT2D eigenvalue weighted by atomic mass is 10.2. The van der Waals surface area contributed by atoms with E-state index in [0.717, 1.165) is 0 Å². The molecule has 0 aliphatic heterocycles. The number of furan rings is 1. The third-order valence-electron chi connectivity index (χ3n) is 4.41. The quantitative estimate of drug-likeness (QED) is 0.735. The van der Waals surface area contributed by atoms with Crippen molar-refractivity contribution < 1.29 is 28.2 Å². The molecule has 27 heavy (non-hydrogen) atoms. The number of hydrogen-bond acceptors (Lipinski definition) is 6. The molecule has 1 aromatic carbocycles. The van der Waals surface area contributed by atoms with Crippen LogP contribution in [0.5, 0.6) is 17.2 Å². The fourth-order valence-electron chi connectivity index (χ4n) is 2.88. The number of hydrogen-bond donors (Lipinski definition) is 2. The van der Waals surface area contributed by atoms with Gasteiger partial charge in [0.1, 0.15) is 5.76 Å². The Kier molecular flexibility index (Phi) is 5.54. The van der Waals surface area contributed by atoms with E-state index in [-0.39, 0.29) is 23.7 Å².